The SMILES string of the molecule is CN1C(=O)C2C(NC3N(CCc4ccccc4)N=C(c4ccccc4)CN23)N(C)C1=O. The number of rotatable bonds is 4. The molecular weight excluding hydrogens is 392 g/mol. The van der Waals surface area contributed by atoms with Crippen molar-refractivity contribution in [3.8, 4) is 0 Å². The Morgan fingerprint density at radius 3 is 2.39 bits per heavy atom. The number of amides is 3. The monoisotopic (exact) mass is 418 g/mol. The predicted octanol–water partition coefficient (Wildman–Crippen LogP) is 1.36. The number of nitrogens with one attached hydrogen (secondary N) is 1. The van der Waals surface area contributed by atoms with E-state index >= 15 is 0 Å². The molecule has 3 atom stereocenters. The standard InChI is InChI=1S/C23H26N6O2/c1-26-20-19(21(30)27(2)23(26)31)28-15-18(17-11-7-4-8-12-17)25-29(22(28)24-20)14-13-16-9-5-3-6-10-16/h3-12,19-20,22,24H,13-15H2,1-2H3. The molecule has 2 aromatic carbocycles. The summed E-state index contributed by atoms with van der Waals surface area (Å²) in [6.07, 6.45) is 0.193. The minimum absolute atomic E-state index is 0.180. The first kappa shape index (κ1) is 19.7. The molecule has 2 saturated heterocycles. The van der Waals surface area contributed by atoms with Crippen molar-refractivity contribution in [2.24, 2.45) is 5.10 Å². The van der Waals surface area contributed by atoms with Crippen molar-refractivity contribution < 1.29 is 9.59 Å². The lowest BCUT2D eigenvalue weighted by molar-refractivity contribution is -0.137. The number of likely N-dealkylation sites (N-methyl/N-ethyl adjacent to an activating group) is 2. The number of benzene rings is 2. The smallest absolute Gasteiger partial charge is 0.310 e. The molecule has 2 aromatic rings. The molecule has 2 fully saturated rings. The molecule has 0 aliphatic carbocycles. The average Bonchev–Trinajstić information content (AvgIpc) is 3.21. The Bertz CT molecular complexity index is 1010. The fraction of sp³-hybridized carbons (Fsp3) is 0.348. The number of carbonyl (C=O) groups is 2. The molecule has 3 unspecified atom stereocenters. The predicted molar refractivity (Wildman–Crippen MR) is 117 cm³/mol. The summed E-state index contributed by atoms with van der Waals surface area (Å²) in [7, 11) is 3.29. The highest BCUT2D eigenvalue weighted by Gasteiger charge is 2.55. The van der Waals surface area contributed by atoms with Gasteiger partial charge in [0.1, 0.15) is 12.2 Å². The van der Waals surface area contributed by atoms with Gasteiger partial charge in [0.25, 0.3) is 5.91 Å². The van der Waals surface area contributed by atoms with E-state index in [0.29, 0.717) is 13.1 Å². The Morgan fingerprint density at radius 2 is 1.68 bits per heavy atom. The van der Waals surface area contributed by atoms with E-state index < -0.39 is 6.04 Å². The van der Waals surface area contributed by atoms with E-state index in [2.05, 4.69) is 22.3 Å². The summed E-state index contributed by atoms with van der Waals surface area (Å²) in [4.78, 5) is 30.5. The van der Waals surface area contributed by atoms with Crippen LogP contribution in [0.5, 0.6) is 0 Å². The maximum absolute atomic E-state index is 13.1. The van der Waals surface area contributed by atoms with Crippen LogP contribution in [0.4, 0.5) is 4.79 Å². The van der Waals surface area contributed by atoms with Gasteiger partial charge in [-0.15, -0.1) is 0 Å². The van der Waals surface area contributed by atoms with Gasteiger partial charge in [0.05, 0.1) is 5.71 Å². The number of urea groups is 1. The zero-order valence-electron chi connectivity index (χ0n) is 17.7. The Morgan fingerprint density at radius 1 is 1.00 bits per heavy atom. The van der Waals surface area contributed by atoms with Crippen molar-refractivity contribution in [1.82, 2.24) is 25.0 Å². The highest BCUT2D eigenvalue weighted by Crippen LogP contribution is 2.30. The number of nitrogens with zero attached hydrogens (tertiary/aromatic N) is 5. The van der Waals surface area contributed by atoms with Crippen LogP contribution < -0.4 is 5.32 Å². The van der Waals surface area contributed by atoms with Gasteiger partial charge in [0.2, 0.25) is 0 Å². The highest BCUT2D eigenvalue weighted by atomic mass is 16.2. The first-order valence-corrected chi connectivity index (χ1v) is 10.5. The third-order valence-corrected chi connectivity index (χ3v) is 6.32. The van der Waals surface area contributed by atoms with Crippen LogP contribution in [0.25, 0.3) is 0 Å². The van der Waals surface area contributed by atoms with Crippen molar-refractivity contribution in [3.63, 3.8) is 0 Å². The van der Waals surface area contributed by atoms with Crippen LogP contribution in [0.15, 0.2) is 65.8 Å². The topological polar surface area (TPSA) is 71.5 Å². The molecule has 3 heterocycles. The molecule has 3 amide bonds. The van der Waals surface area contributed by atoms with Crippen molar-refractivity contribution >= 4 is 17.6 Å². The van der Waals surface area contributed by atoms with Crippen molar-refractivity contribution in [2.45, 2.75) is 24.9 Å². The zero-order valence-corrected chi connectivity index (χ0v) is 17.7. The molecule has 3 aliphatic rings. The van der Waals surface area contributed by atoms with Gasteiger partial charge in [-0.25, -0.2) is 9.69 Å². The summed E-state index contributed by atoms with van der Waals surface area (Å²) < 4.78 is 0. The van der Waals surface area contributed by atoms with Crippen molar-refractivity contribution in [3.05, 3.63) is 71.8 Å². The molecule has 1 N–H and O–H groups in total. The number of hydrazone groups is 1. The van der Waals surface area contributed by atoms with Crippen LogP contribution in [-0.4, -0.2) is 83.0 Å². The summed E-state index contributed by atoms with van der Waals surface area (Å²) in [5.41, 5.74) is 3.19. The van der Waals surface area contributed by atoms with Crippen LogP contribution in [0.2, 0.25) is 0 Å². The third-order valence-electron chi connectivity index (χ3n) is 6.32. The molecule has 0 saturated carbocycles. The molecule has 160 valence electrons. The van der Waals surface area contributed by atoms with E-state index in [1.54, 1.807) is 19.0 Å². The van der Waals surface area contributed by atoms with Gasteiger partial charge in [-0.3, -0.25) is 20.0 Å². The van der Waals surface area contributed by atoms with E-state index in [1.807, 2.05) is 53.5 Å². The van der Waals surface area contributed by atoms with Gasteiger partial charge in [0.15, 0.2) is 6.29 Å². The molecule has 0 radical (unpaired) electrons. The molecule has 0 aromatic heterocycles. The van der Waals surface area contributed by atoms with Crippen molar-refractivity contribution in [2.75, 3.05) is 27.2 Å². The van der Waals surface area contributed by atoms with E-state index in [9.17, 15) is 9.59 Å². The molecule has 0 bridgehead atoms. The summed E-state index contributed by atoms with van der Waals surface area (Å²) in [5.74, 6) is -0.180. The zero-order chi connectivity index (χ0) is 21.5. The normalized spacial score (nSPS) is 26.1. The first-order chi connectivity index (χ1) is 15.0. The number of fused-ring (bicyclic) bond motifs is 3. The van der Waals surface area contributed by atoms with Gasteiger partial charge < -0.3 is 4.90 Å². The molecule has 5 rings (SSSR count). The Hall–Kier alpha value is -3.23. The molecule has 31 heavy (non-hydrogen) atoms. The van der Waals surface area contributed by atoms with Crippen LogP contribution in [-0.2, 0) is 11.2 Å². The number of carbonyl (C=O) groups excluding carboxylic acids is 2. The quantitative estimate of drug-likeness (QED) is 0.812. The lowest BCUT2D eigenvalue weighted by atomic mass is 10.1. The number of hydrogen-bond donors (Lipinski definition) is 1. The fourth-order valence-corrected chi connectivity index (χ4v) is 4.62. The molecular formula is C23H26N6O2. The van der Waals surface area contributed by atoms with Gasteiger partial charge >= 0.3 is 6.03 Å². The summed E-state index contributed by atoms with van der Waals surface area (Å²) in [6, 6.07) is 19.6. The third kappa shape index (κ3) is 3.37. The number of imide groups is 1. The second-order valence-corrected chi connectivity index (χ2v) is 8.20. The van der Waals surface area contributed by atoms with Gasteiger partial charge in [-0.2, -0.15) is 5.10 Å². The maximum Gasteiger partial charge on any atom is 0.327 e. The lowest BCUT2D eigenvalue weighted by Gasteiger charge is -2.41. The molecule has 0 spiro atoms. The van der Waals surface area contributed by atoms with Crippen LogP contribution in [0.1, 0.15) is 11.1 Å². The maximum atomic E-state index is 13.1. The minimum atomic E-state index is -0.453. The fourth-order valence-electron chi connectivity index (χ4n) is 4.62. The Labute approximate surface area is 181 Å². The van der Waals surface area contributed by atoms with E-state index in [-0.39, 0.29) is 24.4 Å². The second kappa shape index (κ2) is 7.79. The van der Waals surface area contributed by atoms with Crippen LogP contribution >= 0.6 is 0 Å². The summed E-state index contributed by atoms with van der Waals surface area (Å²) in [6.45, 7) is 1.22. The average molecular weight is 419 g/mol. The Kier molecular flexibility index (Phi) is 4.95. The van der Waals surface area contributed by atoms with Crippen LogP contribution in [0.3, 0.4) is 0 Å². The molecule has 8 nitrogen and oxygen atoms in total. The van der Waals surface area contributed by atoms with Crippen molar-refractivity contribution in [1.29, 1.82) is 0 Å². The first-order valence-electron chi connectivity index (χ1n) is 10.5. The summed E-state index contributed by atoms with van der Waals surface area (Å²) >= 11 is 0. The lowest BCUT2D eigenvalue weighted by Crippen LogP contribution is -2.65. The Balaban J connectivity index is 1.48. The van der Waals surface area contributed by atoms with Crippen LogP contribution in [0, 0.1) is 0 Å². The van der Waals surface area contributed by atoms with Gasteiger partial charge in [0, 0.05) is 27.2 Å². The van der Waals surface area contributed by atoms with Gasteiger partial charge in [-0.1, -0.05) is 60.7 Å². The van der Waals surface area contributed by atoms with Gasteiger partial charge in [-0.05, 0) is 17.5 Å². The molecule has 3 aliphatic heterocycles. The number of hydrogen-bond acceptors (Lipinski definition) is 6. The molecule has 8 heteroatoms. The van der Waals surface area contributed by atoms with E-state index in [0.717, 1.165) is 17.7 Å². The van der Waals surface area contributed by atoms with E-state index in [1.165, 1.54) is 10.5 Å². The van der Waals surface area contributed by atoms with E-state index in [4.69, 9.17) is 5.10 Å². The largest absolute Gasteiger partial charge is 0.327 e. The summed E-state index contributed by atoms with van der Waals surface area (Å²) in [5, 5.41) is 10.5. The minimum Gasteiger partial charge on any atom is -0.310 e. The second-order valence-electron chi connectivity index (χ2n) is 8.20. The highest BCUT2D eigenvalue weighted by molar-refractivity contribution is 6.04.